The predicted octanol–water partition coefficient (Wildman–Crippen LogP) is 6.47. The van der Waals surface area contributed by atoms with Crippen LogP contribution in [0.5, 0.6) is 0 Å². The summed E-state index contributed by atoms with van der Waals surface area (Å²) in [6.07, 6.45) is 9.34. The third-order valence-corrected chi connectivity index (χ3v) is 10.5. The van der Waals surface area contributed by atoms with E-state index < -0.39 is 0 Å². The molecule has 3 nitrogen and oxygen atoms in total. The molecule has 1 aromatic rings. The monoisotopic (exact) mass is 500 g/mol. The van der Waals surface area contributed by atoms with Gasteiger partial charge in [0, 0.05) is 22.2 Å². The van der Waals surface area contributed by atoms with Crippen molar-refractivity contribution in [3.63, 3.8) is 0 Å². The molecule has 0 bridgehead atoms. The van der Waals surface area contributed by atoms with Crippen LogP contribution in [-0.4, -0.2) is 23.1 Å². The van der Waals surface area contributed by atoms with Crippen LogP contribution in [0.15, 0.2) is 40.4 Å². The van der Waals surface area contributed by atoms with Crippen molar-refractivity contribution in [2.45, 2.75) is 84.5 Å². The van der Waals surface area contributed by atoms with E-state index in [1.165, 1.54) is 24.0 Å². The Morgan fingerprint density at radius 1 is 1.16 bits per heavy atom. The number of aliphatic hydroxyl groups is 1. The van der Waals surface area contributed by atoms with Crippen LogP contribution < -0.4 is 0 Å². The Morgan fingerprint density at radius 2 is 1.91 bits per heavy atom. The van der Waals surface area contributed by atoms with Gasteiger partial charge in [0.2, 0.25) is 0 Å². The molecule has 0 radical (unpaired) electrons. The number of halogens is 1. The van der Waals surface area contributed by atoms with Crippen LogP contribution in [0.4, 0.5) is 0 Å². The Morgan fingerprint density at radius 3 is 2.62 bits per heavy atom. The molecule has 3 fully saturated rings. The van der Waals surface area contributed by atoms with Crippen LogP contribution in [0.25, 0.3) is 0 Å². The van der Waals surface area contributed by atoms with E-state index in [0.717, 1.165) is 30.2 Å². The number of fused-ring (bicyclic) bond motifs is 5. The number of benzene rings is 1. The number of carbonyl (C=O) groups is 1. The molecule has 8 atom stereocenters. The smallest absolute Gasteiger partial charge is 0.133 e. The highest BCUT2D eigenvalue weighted by atomic mass is 79.9. The van der Waals surface area contributed by atoms with E-state index in [9.17, 15) is 9.90 Å². The maximum Gasteiger partial charge on any atom is 0.133 e. The van der Waals surface area contributed by atoms with Crippen LogP contribution >= 0.6 is 15.9 Å². The Labute approximate surface area is 201 Å². The first kappa shape index (κ1) is 22.8. The van der Waals surface area contributed by atoms with Gasteiger partial charge in [-0.3, -0.25) is 4.79 Å². The minimum absolute atomic E-state index is 0.0207. The van der Waals surface area contributed by atoms with Crippen molar-refractivity contribution in [3.8, 4) is 0 Å². The first-order chi connectivity index (χ1) is 15.2. The molecule has 1 aromatic carbocycles. The second kappa shape index (κ2) is 8.36. The maximum absolute atomic E-state index is 12.4. The zero-order chi connectivity index (χ0) is 22.7. The van der Waals surface area contributed by atoms with E-state index in [4.69, 9.17) is 4.74 Å². The van der Waals surface area contributed by atoms with Crippen LogP contribution in [0, 0.1) is 34.5 Å². The molecule has 5 rings (SSSR count). The van der Waals surface area contributed by atoms with Crippen LogP contribution in [0.2, 0.25) is 0 Å². The summed E-state index contributed by atoms with van der Waals surface area (Å²) in [6, 6.07) is 8.34. The summed E-state index contributed by atoms with van der Waals surface area (Å²) in [5.74, 6) is 2.46. The van der Waals surface area contributed by atoms with Crippen molar-refractivity contribution >= 4 is 21.7 Å². The highest BCUT2D eigenvalue weighted by molar-refractivity contribution is 9.10. The summed E-state index contributed by atoms with van der Waals surface area (Å²) in [5.41, 5.74) is 2.73. The summed E-state index contributed by atoms with van der Waals surface area (Å²) < 4.78 is 7.70. The molecular formula is C28H37BrO3. The lowest BCUT2D eigenvalue weighted by molar-refractivity contribution is -0.140. The molecule has 0 heterocycles. The lowest BCUT2D eigenvalue weighted by Gasteiger charge is -2.59. The highest BCUT2D eigenvalue weighted by Gasteiger charge is 2.61. The van der Waals surface area contributed by atoms with Gasteiger partial charge in [-0.25, -0.2) is 0 Å². The van der Waals surface area contributed by atoms with E-state index in [1.807, 2.05) is 0 Å². The third kappa shape index (κ3) is 3.56. The van der Waals surface area contributed by atoms with E-state index in [2.05, 4.69) is 60.1 Å². The van der Waals surface area contributed by atoms with E-state index in [-0.39, 0.29) is 29.0 Å². The van der Waals surface area contributed by atoms with Crippen molar-refractivity contribution in [1.82, 2.24) is 0 Å². The van der Waals surface area contributed by atoms with E-state index in [1.54, 1.807) is 6.92 Å². The van der Waals surface area contributed by atoms with Gasteiger partial charge in [-0.05, 0) is 86.3 Å². The summed E-state index contributed by atoms with van der Waals surface area (Å²) in [5, 5.41) is 10.7. The number of aliphatic hydroxyl groups excluding tert-OH is 1. The number of hydrogen-bond donors (Lipinski definition) is 1. The number of ketones is 1. The molecule has 0 spiro atoms. The number of allylic oxidation sites excluding steroid dienone is 1. The lowest BCUT2D eigenvalue weighted by Crippen LogP contribution is -2.56. The molecule has 0 aromatic heterocycles. The van der Waals surface area contributed by atoms with Crippen LogP contribution in [0.3, 0.4) is 0 Å². The average molecular weight is 502 g/mol. The fourth-order valence-corrected chi connectivity index (χ4v) is 8.63. The molecular weight excluding hydrogens is 464 g/mol. The zero-order valence-corrected chi connectivity index (χ0v) is 21.2. The van der Waals surface area contributed by atoms with Crippen LogP contribution in [-0.2, 0) is 16.1 Å². The van der Waals surface area contributed by atoms with Crippen molar-refractivity contribution in [1.29, 1.82) is 0 Å². The van der Waals surface area contributed by atoms with Crippen molar-refractivity contribution in [3.05, 3.63) is 46.0 Å². The third-order valence-electron chi connectivity index (χ3n) is 10.0. The number of ether oxygens (including phenoxy) is 1. The summed E-state index contributed by atoms with van der Waals surface area (Å²) in [7, 11) is 0. The van der Waals surface area contributed by atoms with E-state index >= 15 is 0 Å². The molecule has 1 N–H and O–H groups in total. The molecule has 0 saturated heterocycles. The van der Waals surface area contributed by atoms with Crippen molar-refractivity contribution < 1.29 is 14.6 Å². The van der Waals surface area contributed by atoms with Crippen molar-refractivity contribution in [2.24, 2.45) is 34.5 Å². The Kier molecular flexibility index (Phi) is 5.96. The molecule has 4 heteroatoms. The molecule has 0 aliphatic heterocycles. The number of carbonyl (C=O) groups excluding carboxylic acids is 1. The Hall–Kier alpha value is -0.970. The minimum Gasteiger partial charge on any atom is -0.393 e. The van der Waals surface area contributed by atoms with Gasteiger partial charge in [0.15, 0.2) is 0 Å². The number of rotatable bonds is 4. The zero-order valence-electron chi connectivity index (χ0n) is 19.6. The predicted molar refractivity (Wildman–Crippen MR) is 130 cm³/mol. The fraction of sp³-hybridized carbons (Fsp3) is 0.679. The van der Waals surface area contributed by atoms with E-state index in [0.29, 0.717) is 36.6 Å². The maximum atomic E-state index is 12.4. The Balaban J connectivity index is 1.42. The van der Waals surface area contributed by atoms with Gasteiger partial charge < -0.3 is 9.84 Å². The molecule has 3 saturated carbocycles. The van der Waals surface area contributed by atoms with Gasteiger partial charge in [-0.1, -0.05) is 53.6 Å². The van der Waals surface area contributed by atoms with Gasteiger partial charge in [0.05, 0.1) is 18.8 Å². The first-order valence-electron chi connectivity index (χ1n) is 12.5. The van der Waals surface area contributed by atoms with Crippen molar-refractivity contribution in [2.75, 3.05) is 0 Å². The lowest BCUT2D eigenvalue weighted by atomic mass is 9.46. The summed E-state index contributed by atoms with van der Waals surface area (Å²) in [4.78, 5) is 12.4. The first-order valence-corrected chi connectivity index (χ1v) is 13.3. The molecule has 4 unspecified atom stereocenters. The number of Topliss-reactive ketones (excluding diaryl/α,β-unsaturated/α-hetero) is 1. The van der Waals surface area contributed by atoms with Gasteiger partial charge in [0.25, 0.3) is 0 Å². The van der Waals surface area contributed by atoms with Gasteiger partial charge >= 0.3 is 0 Å². The fourth-order valence-electron chi connectivity index (χ4n) is 8.36. The molecule has 174 valence electrons. The topological polar surface area (TPSA) is 46.5 Å². The summed E-state index contributed by atoms with van der Waals surface area (Å²) in [6.45, 7) is 7.21. The van der Waals surface area contributed by atoms with Gasteiger partial charge in [-0.15, -0.1) is 0 Å². The highest BCUT2D eigenvalue weighted by Crippen LogP contribution is 2.66. The standard InChI is InChI=1S/C28H37BrO3/c1-17(30)23-10-11-24-22-9-6-19-14-21(31)15-26(32-16-18-4-7-20(29)8-5-18)28(19,3)25(22)12-13-27(23,24)2/h4-8,21-26,31H,9-16H2,1-3H3/t21-,22?,23+,24?,25?,26?,27+,28-/m0/s1. The minimum atomic E-state index is -0.316. The molecule has 4 aliphatic carbocycles. The normalized spacial score (nSPS) is 43.1. The molecule has 0 amide bonds. The number of hydrogen-bond acceptors (Lipinski definition) is 3. The SMILES string of the molecule is CC(=O)[C@H]1CCC2C3CC=C4C[C@H](O)CC(OCc5ccc(Br)cc5)[C@]4(C)C3CC[C@@]21C. The second-order valence-electron chi connectivity index (χ2n) is 11.4. The van der Waals surface area contributed by atoms with Gasteiger partial charge in [0.1, 0.15) is 5.78 Å². The average Bonchev–Trinajstić information content (AvgIpc) is 3.11. The largest absolute Gasteiger partial charge is 0.393 e. The molecule has 4 aliphatic rings. The summed E-state index contributed by atoms with van der Waals surface area (Å²) >= 11 is 3.51. The Bertz CT molecular complexity index is 908. The van der Waals surface area contributed by atoms with Gasteiger partial charge in [-0.2, -0.15) is 0 Å². The second-order valence-corrected chi connectivity index (χ2v) is 12.3. The quantitative estimate of drug-likeness (QED) is 0.481. The molecule has 32 heavy (non-hydrogen) atoms. The van der Waals surface area contributed by atoms with Crippen LogP contribution in [0.1, 0.15) is 71.3 Å².